The lowest BCUT2D eigenvalue weighted by molar-refractivity contribution is -0.119. The van der Waals surface area contributed by atoms with Gasteiger partial charge in [-0.2, -0.15) is 0 Å². The molecule has 2 aromatic carbocycles. The van der Waals surface area contributed by atoms with Crippen molar-refractivity contribution in [2.24, 2.45) is 0 Å². The smallest absolute Gasteiger partial charge is 0.272 e. The second-order valence-electron chi connectivity index (χ2n) is 6.70. The standard InChI is InChI=1S/C22H23NO4S/c1-14(2)27-17-10-8-16(9-11-17)19-20(28-13-12-24)22(26)23(21(19)25)18-7-5-4-6-15(18)3/h4-11,14,24H,12-13H2,1-3H3. The summed E-state index contributed by atoms with van der Waals surface area (Å²) in [6.45, 7) is 5.68. The Morgan fingerprint density at radius 1 is 1.04 bits per heavy atom. The zero-order valence-electron chi connectivity index (χ0n) is 16.1. The lowest BCUT2D eigenvalue weighted by Crippen LogP contribution is -2.31. The summed E-state index contributed by atoms with van der Waals surface area (Å²) in [7, 11) is 0. The number of para-hydroxylation sites is 1. The molecule has 2 aromatic rings. The summed E-state index contributed by atoms with van der Waals surface area (Å²) in [4.78, 5) is 27.9. The molecular weight excluding hydrogens is 374 g/mol. The minimum atomic E-state index is -0.352. The number of ether oxygens (including phenoxy) is 1. The third-order valence-electron chi connectivity index (χ3n) is 4.25. The number of carbonyl (C=O) groups excluding carboxylic acids is 2. The lowest BCUT2D eigenvalue weighted by Gasteiger charge is -2.17. The second-order valence-corrected chi connectivity index (χ2v) is 7.80. The third kappa shape index (κ3) is 3.98. The largest absolute Gasteiger partial charge is 0.491 e. The summed E-state index contributed by atoms with van der Waals surface area (Å²) >= 11 is 1.20. The van der Waals surface area contributed by atoms with Gasteiger partial charge in [-0.15, -0.1) is 11.8 Å². The van der Waals surface area contributed by atoms with E-state index in [1.54, 1.807) is 36.4 Å². The van der Waals surface area contributed by atoms with Crippen LogP contribution in [0.5, 0.6) is 5.75 Å². The molecule has 0 saturated carbocycles. The molecule has 1 aliphatic rings. The zero-order valence-corrected chi connectivity index (χ0v) is 17.0. The van der Waals surface area contributed by atoms with E-state index in [0.717, 1.165) is 5.56 Å². The number of amides is 2. The summed E-state index contributed by atoms with van der Waals surface area (Å²) in [5.41, 5.74) is 2.45. The van der Waals surface area contributed by atoms with Crippen molar-refractivity contribution in [3.63, 3.8) is 0 Å². The Kier molecular flexibility index (Phi) is 6.21. The van der Waals surface area contributed by atoms with Crippen molar-refractivity contribution in [2.75, 3.05) is 17.3 Å². The molecule has 0 atom stereocenters. The molecule has 0 radical (unpaired) electrons. The Labute approximate surface area is 169 Å². The topological polar surface area (TPSA) is 66.8 Å². The Hall–Kier alpha value is -2.57. The summed E-state index contributed by atoms with van der Waals surface area (Å²) < 4.78 is 5.66. The van der Waals surface area contributed by atoms with Gasteiger partial charge in [0.15, 0.2) is 0 Å². The van der Waals surface area contributed by atoms with Crippen LogP contribution >= 0.6 is 11.8 Å². The highest BCUT2D eigenvalue weighted by atomic mass is 32.2. The van der Waals surface area contributed by atoms with Crippen LogP contribution in [-0.4, -0.2) is 35.4 Å². The van der Waals surface area contributed by atoms with Crippen LogP contribution in [0.4, 0.5) is 5.69 Å². The number of hydrogen-bond acceptors (Lipinski definition) is 5. The number of aryl methyl sites for hydroxylation is 1. The molecule has 1 N–H and O–H groups in total. The monoisotopic (exact) mass is 397 g/mol. The van der Waals surface area contributed by atoms with Crippen LogP contribution in [0, 0.1) is 6.92 Å². The minimum Gasteiger partial charge on any atom is -0.491 e. The minimum absolute atomic E-state index is 0.0481. The predicted octanol–water partition coefficient (Wildman–Crippen LogP) is 3.79. The van der Waals surface area contributed by atoms with Crippen molar-refractivity contribution < 1.29 is 19.4 Å². The maximum absolute atomic E-state index is 13.2. The number of benzene rings is 2. The molecule has 5 nitrogen and oxygen atoms in total. The van der Waals surface area contributed by atoms with E-state index in [-0.39, 0.29) is 24.5 Å². The maximum Gasteiger partial charge on any atom is 0.272 e. The van der Waals surface area contributed by atoms with Gasteiger partial charge in [-0.1, -0.05) is 30.3 Å². The molecule has 0 unspecified atom stereocenters. The van der Waals surface area contributed by atoms with E-state index >= 15 is 0 Å². The van der Waals surface area contributed by atoms with Crippen molar-refractivity contribution >= 4 is 34.8 Å². The van der Waals surface area contributed by atoms with Gasteiger partial charge in [0.1, 0.15) is 5.75 Å². The van der Waals surface area contributed by atoms with Gasteiger partial charge in [-0.3, -0.25) is 9.59 Å². The number of aliphatic hydroxyl groups is 1. The second kappa shape index (κ2) is 8.63. The fourth-order valence-corrected chi connectivity index (χ4v) is 3.91. The summed E-state index contributed by atoms with van der Waals surface area (Å²) in [5, 5.41) is 9.21. The van der Waals surface area contributed by atoms with Crippen LogP contribution in [0.15, 0.2) is 53.4 Å². The number of thioether (sulfide) groups is 1. The maximum atomic E-state index is 13.2. The fraction of sp³-hybridized carbons (Fsp3) is 0.273. The van der Waals surface area contributed by atoms with Gasteiger partial charge in [-0.25, -0.2) is 4.90 Å². The average Bonchev–Trinajstić information content (AvgIpc) is 2.91. The van der Waals surface area contributed by atoms with Crippen molar-refractivity contribution in [2.45, 2.75) is 26.9 Å². The predicted molar refractivity (Wildman–Crippen MR) is 112 cm³/mol. The van der Waals surface area contributed by atoms with E-state index in [1.807, 2.05) is 32.9 Å². The van der Waals surface area contributed by atoms with Gasteiger partial charge < -0.3 is 9.84 Å². The Morgan fingerprint density at radius 2 is 1.71 bits per heavy atom. The normalized spacial score (nSPS) is 14.4. The van der Waals surface area contributed by atoms with E-state index in [0.29, 0.717) is 33.2 Å². The molecule has 6 heteroatoms. The van der Waals surface area contributed by atoms with Crippen molar-refractivity contribution in [1.29, 1.82) is 0 Å². The van der Waals surface area contributed by atoms with Gasteiger partial charge in [0.25, 0.3) is 11.8 Å². The lowest BCUT2D eigenvalue weighted by atomic mass is 10.1. The van der Waals surface area contributed by atoms with Crippen molar-refractivity contribution in [3.8, 4) is 5.75 Å². The number of rotatable bonds is 7. The average molecular weight is 397 g/mol. The molecule has 0 bridgehead atoms. The quantitative estimate of drug-likeness (QED) is 0.720. The van der Waals surface area contributed by atoms with Crippen LogP contribution in [0.2, 0.25) is 0 Å². The molecule has 0 fully saturated rings. The van der Waals surface area contributed by atoms with Crippen LogP contribution in [0.25, 0.3) is 5.57 Å². The molecule has 146 valence electrons. The van der Waals surface area contributed by atoms with Crippen molar-refractivity contribution in [3.05, 3.63) is 64.6 Å². The number of nitrogens with zero attached hydrogens (tertiary/aromatic N) is 1. The van der Waals surface area contributed by atoms with Crippen LogP contribution in [-0.2, 0) is 9.59 Å². The first-order valence-corrected chi connectivity index (χ1v) is 10.1. The number of aliphatic hydroxyl groups excluding tert-OH is 1. The van der Waals surface area contributed by atoms with E-state index in [1.165, 1.54) is 16.7 Å². The summed E-state index contributed by atoms with van der Waals surface area (Å²) in [5.74, 6) is 0.345. The van der Waals surface area contributed by atoms with Gasteiger partial charge in [0.05, 0.1) is 28.9 Å². The first kappa shape index (κ1) is 20.2. The Morgan fingerprint density at radius 3 is 2.32 bits per heavy atom. The number of hydrogen-bond donors (Lipinski definition) is 1. The molecule has 0 aliphatic carbocycles. The first-order chi connectivity index (χ1) is 13.4. The summed E-state index contributed by atoms with van der Waals surface area (Å²) in [6, 6.07) is 14.5. The van der Waals surface area contributed by atoms with Crippen LogP contribution in [0.3, 0.4) is 0 Å². The fourth-order valence-electron chi connectivity index (χ4n) is 3.05. The molecule has 28 heavy (non-hydrogen) atoms. The molecule has 0 saturated heterocycles. The highest BCUT2D eigenvalue weighted by Crippen LogP contribution is 2.39. The van der Waals surface area contributed by atoms with E-state index in [4.69, 9.17) is 4.74 Å². The Bertz CT molecular complexity index is 918. The first-order valence-electron chi connectivity index (χ1n) is 9.13. The molecular formula is C22H23NO4S. The zero-order chi connectivity index (χ0) is 20.3. The highest BCUT2D eigenvalue weighted by molar-refractivity contribution is 8.04. The van der Waals surface area contributed by atoms with Gasteiger partial charge in [0.2, 0.25) is 0 Å². The molecule has 0 spiro atoms. The summed E-state index contributed by atoms with van der Waals surface area (Å²) in [6.07, 6.45) is 0.0481. The molecule has 1 aliphatic heterocycles. The third-order valence-corrected chi connectivity index (χ3v) is 5.30. The van der Waals surface area contributed by atoms with Gasteiger partial charge >= 0.3 is 0 Å². The molecule has 3 rings (SSSR count). The van der Waals surface area contributed by atoms with Gasteiger partial charge in [0, 0.05) is 5.75 Å². The van der Waals surface area contributed by atoms with Crippen LogP contribution < -0.4 is 9.64 Å². The van der Waals surface area contributed by atoms with Crippen molar-refractivity contribution in [1.82, 2.24) is 0 Å². The molecule has 2 amide bonds. The SMILES string of the molecule is Cc1ccccc1N1C(=O)C(SCCO)=C(c2ccc(OC(C)C)cc2)C1=O. The van der Waals surface area contributed by atoms with E-state index < -0.39 is 0 Å². The van der Waals surface area contributed by atoms with Gasteiger partial charge in [-0.05, 0) is 50.1 Å². The Balaban J connectivity index is 2.02. The van der Waals surface area contributed by atoms with Crippen LogP contribution in [0.1, 0.15) is 25.0 Å². The molecule has 1 heterocycles. The van der Waals surface area contributed by atoms with E-state index in [9.17, 15) is 14.7 Å². The molecule has 0 aromatic heterocycles. The highest BCUT2D eigenvalue weighted by Gasteiger charge is 2.40. The number of anilines is 1. The number of imide groups is 1. The number of carbonyl (C=O) groups is 2. The van der Waals surface area contributed by atoms with E-state index in [2.05, 4.69) is 0 Å².